The summed E-state index contributed by atoms with van der Waals surface area (Å²) in [5.74, 6) is 1.37. The Bertz CT molecular complexity index is 563. The van der Waals surface area contributed by atoms with E-state index in [0.29, 0.717) is 19.1 Å². The maximum atomic E-state index is 9.26. The Kier molecular flexibility index (Phi) is 4.03. The van der Waals surface area contributed by atoms with Crippen LogP contribution in [-0.4, -0.2) is 11.7 Å². The van der Waals surface area contributed by atoms with Crippen molar-refractivity contribution in [3.63, 3.8) is 0 Å². The molecule has 2 nitrogen and oxygen atoms in total. The maximum Gasteiger partial charge on any atom is 0.120 e. The number of ether oxygens (including phenoxy) is 1. The third kappa shape index (κ3) is 3.02. The van der Waals surface area contributed by atoms with E-state index in [4.69, 9.17) is 4.74 Å². The van der Waals surface area contributed by atoms with Crippen LogP contribution in [0.5, 0.6) is 5.75 Å². The largest absolute Gasteiger partial charge is 0.489 e. The quantitative estimate of drug-likeness (QED) is 0.921. The molecule has 0 aromatic heterocycles. The number of aryl methyl sites for hydroxylation is 1. The first-order valence-corrected chi connectivity index (χ1v) is 7.24. The predicted octanol–water partition coefficient (Wildman–Crippen LogP) is 3.36. The molecule has 0 heterocycles. The lowest BCUT2D eigenvalue weighted by Crippen LogP contribution is -2.17. The molecule has 0 fully saturated rings. The smallest absolute Gasteiger partial charge is 0.120 e. The molecule has 0 bridgehead atoms. The van der Waals surface area contributed by atoms with Crippen LogP contribution in [0.1, 0.15) is 23.1 Å². The summed E-state index contributed by atoms with van der Waals surface area (Å²) in [6.07, 6.45) is 3.11. The van der Waals surface area contributed by atoms with Gasteiger partial charge >= 0.3 is 0 Å². The second-order valence-electron chi connectivity index (χ2n) is 5.50. The van der Waals surface area contributed by atoms with Crippen molar-refractivity contribution in [2.75, 3.05) is 6.61 Å². The van der Waals surface area contributed by atoms with Gasteiger partial charge in [0.1, 0.15) is 12.4 Å². The van der Waals surface area contributed by atoms with Gasteiger partial charge in [-0.25, -0.2) is 0 Å². The third-order valence-corrected chi connectivity index (χ3v) is 4.01. The van der Waals surface area contributed by atoms with Gasteiger partial charge in [-0.1, -0.05) is 36.4 Å². The van der Waals surface area contributed by atoms with Gasteiger partial charge in [-0.05, 0) is 54.0 Å². The van der Waals surface area contributed by atoms with Crippen LogP contribution in [0.4, 0.5) is 0 Å². The standard InChI is InChI=1S/C18H20O2/c19-12-15-6-7-17-11-18(9-8-16(17)10-15)20-13-14-4-2-1-3-5-14/h1-5,8-9,11,15,19H,6-7,10,12-13H2. The molecule has 1 N–H and O–H groups in total. The molecule has 2 heteroatoms. The molecule has 2 aromatic carbocycles. The number of aliphatic hydroxyl groups excluding tert-OH is 1. The van der Waals surface area contributed by atoms with Crippen LogP contribution in [0.15, 0.2) is 48.5 Å². The molecule has 0 amide bonds. The molecule has 1 aliphatic carbocycles. The SMILES string of the molecule is OCC1CCc2cc(OCc3ccccc3)ccc2C1. The Hall–Kier alpha value is -1.80. The summed E-state index contributed by atoms with van der Waals surface area (Å²) in [7, 11) is 0. The van der Waals surface area contributed by atoms with Gasteiger partial charge in [-0.15, -0.1) is 0 Å². The third-order valence-electron chi connectivity index (χ3n) is 4.01. The molecule has 0 radical (unpaired) electrons. The molecule has 0 aliphatic heterocycles. The molecule has 104 valence electrons. The summed E-state index contributed by atoms with van der Waals surface area (Å²) in [5, 5.41) is 9.26. The van der Waals surface area contributed by atoms with Crippen molar-refractivity contribution < 1.29 is 9.84 Å². The van der Waals surface area contributed by atoms with E-state index in [1.54, 1.807) is 0 Å². The summed E-state index contributed by atoms with van der Waals surface area (Å²) in [6, 6.07) is 16.6. The van der Waals surface area contributed by atoms with Crippen LogP contribution in [0.25, 0.3) is 0 Å². The topological polar surface area (TPSA) is 29.5 Å². The van der Waals surface area contributed by atoms with Gasteiger partial charge in [-0.3, -0.25) is 0 Å². The molecule has 20 heavy (non-hydrogen) atoms. The van der Waals surface area contributed by atoms with Crippen LogP contribution < -0.4 is 4.74 Å². The summed E-state index contributed by atoms with van der Waals surface area (Å²) in [6.45, 7) is 0.907. The van der Waals surface area contributed by atoms with E-state index in [0.717, 1.165) is 25.0 Å². The molecular formula is C18H20O2. The Balaban J connectivity index is 1.67. The fourth-order valence-electron chi connectivity index (χ4n) is 2.79. The molecule has 1 unspecified atom stereocenters. The maximum absolute atomic E-state index is 9.26. The van der Waals surface area contributed by atoms with Gasteiger partial charge < -0.3 is 9.84 Å². The van der Waals surface area contributed by atoms with Crippen molar-refractivity contribution in [3.8, 4) is 5.75 Å². The number of rotatable bonds is 4. The van der Waals surface area contributed by atoms with E-state index in [2.05, 4.69) is 24.3 Å². The van der Waals surface area contributed by atoms with Crippen molar-refractivity contribution in [3.05, 3.63) is 65.2 Å². The Morgan fingerprint density at radius 2 is 1.90 bits per heavy atom. The number of benzene rings is 2. The van der Waals surface area contributed by atoms with Crippen molar-refractivity contribution in [1.29, 1.82) is 0 Å². The van der Waals surface area contributed by atoms with E-state index >= 15 is 0 Å². The average molecular weight is 268 g/mol. The monoisotopic (exact) mass is 268 g/mol. The molecule has 3 rings (SSSR count). The fraction of sp³-hybridized carbons (Fsp3) is 0.333. The highest BCUT2D eigenvalue weighted by Gasteiger charge is 2.18. The Morgan fingerprint density at radius 1 is 1.05 bits per heavy atom. The van der Waals surface area contributed by atoms with Gasteiger partial charge in [0.05, 0.1) is 0 Å². The van der Waals surface area contributed by atoms with Crippen molar-refractivity contribution >= 4 is 0 Å². The van der Waals surface area contributed by atoms with E-state index < -0.39 is 0 Å². The fourth-order valence-corrected chi connectivity index (χ4v) is 2.79. The summed E-state index contributed by atoms with van der Waals surface area (Å²) in [5.41, 5.74) is 3.92. The van der Waals surface area contributed by atoms with E-state index in [1.165, 1.54) is 16.7 Å². The molecule has 0 saturated heterocycles. The van der Waals surface area contributed by atoms with Crippen molar-refractivity contribution in [2.24, 2.45) is 5.92 Å². The van der Waals surface area contributed by atoms with E-state index in [9.17, 15) is 5.11 Å². The normalized spacial score (nSPS) is 17.6. The van der Waals surface area contributed by atoms with Crippen molar-refractivity contribution in [1.82, 2.24) is 0 Å². The Morgan fingerprint density at radius 3 is 2.70 bits per heavy atom. The van der Waals surface area contributed by atoms with Crippen molar-refractivity contribution in [2.45, 2.75) is 25.9 Å². The number of hydrogen-bond donors (Lipinski definition) is 1. The van der Waals surface area contributed by atoms with Crippen LogP contribution in [-0.2, 0) is 19.4 Å². The highest BCUT2D eigenvalue weighted by Crippen LogP contribution is 2.28. The number of hydrogen-bond acceptors (Lipinski definition) is 2. The first-order valence-electron chi connectivity index (χ1n) is 7.24. The van der Waals surface area contributed by atoms with Gasteiger partial charge in [0.2, 0.25) is 0 Å². The minimum atomic E-state index is 0.297. The molecule has 0 saturated carbocycles. The van der Waals surface area contributed by atoms with Crippen LogP contribution in [0.2, 0.25) is 0 Å². The highest BCUT2D eigenvalue weighted by molar-refractivity contribution is 5.37. The second-order valence-corrected chi connectivity index (χ2v) is 5.50. The van der Waals surface area contributed by atoms with Gasteiger partial charge in [0, 0.05) is 6.61 Å². The molecule has 0 spiro atoms. The minimum absolute atomic E-state index is 0.297. The zero-order valence-electron chi connectivity index (χ0n) is 11.6. The number of aliphatic hydroxyl groups is 1. The first-order chi connectivity index (χ1) is 9.85. The lowest BCUT2D eigenvalue weighted by atomic mass is 9.84. The number of fused-ring (bicyclic) bond motifs is 1. The van der Waals surface area contributed by atoms with Crippen LogP contribution >= 0.6 is 0 Å². The average Bonchev–Trinajstić information content (AvgIpc) is 2.53. The zero-order chi connectivity index (χ0) is 13.8. The van der Waals surface area contributed by atoms with Crippen LogP contribution in [0.3, 0.4) is 0 Å². The molecule has 1 aliphatic rings. The Labute approximate surface area is 120 Å². The zero-order valence-corrected chi connectivity index (χ0v) is 11.6. The summed E-state index contributed by atoms with van der Waals surface area (Å²) < 4.78 is 5.86. The van der Waals surface area contributed by atoms with Gasteiger partial charge in [-0.2, -0.15) is 0 Å². The second kappa shape index (κ2) is 6.10. The summed E-state index contributed by atoms with van der Waals surface area (Å²) >= 11 is 0. The molecule has 2 aromatic rings. The van der Waals surface area contributed by atoms with Crippen LogP contribution in [0, 0.1) is 5.92 Å². The van der Waals surface area contributed by atoms with E-state index in [1.807, 2.05) is 24.3 Å². The van der Waals surface area contributed by atoms with E-state index in [-0.39, 0.29) is 0 Å². The van der Waals surface area contributed by atoms with Gasteiger partial charge in [0.25, 0.3) is 0 Å². The summed E-state index contributed by atoms with van der Waals surface area (Å²) in [4.78, 5) is 0. The lowest BCUT2D eigenvalue weighted by Gasteiger charge is -2.23. The minimum Gasteiger partial charge on any atom is -0.489 e. The first kappa shape index (κ1) is 13.2. The predicted molar refractivity (Wildman–Crippen MR) is 79.8 cm³/mol. The van der Waals surface area contributed by atoms with Gasteiger partial charge in [0.15, 0.2) is 0 Å². The highest BCUT2D eigenvalue weighted by atomic mass is 16.5. The molecular weight excluding hydrogens is 248 g/mol. The molecule has 1 atom stereocenters. The lowest BCUT2D eigenvalue weighted by molar-refractivity contribution is 0.213.